The summed E-state index contributed by atoms with van der Waals surface area (Å²) >= 11 is 12.2. The maximum Gasteiger partial charge on any atom is 0.331 e. The van der Waals surface area contributed by atoms with Crippen molar-refractivity contribution in [2.24, 2.45) is 0 Å². The molecule has 0 aliphatic heterocycles. The molecule has 0 radical (unpaired) electrons. The quantitative estimate of drug-likeness (QED) is 0.446. The molecule has 1 heterocycles. The minimum absolute atomic E-state index is 0.0282. The second kappa shape index (κ2) is 10.1. The number of carbonyl (C=O) groups is 2. The minimum atomic E-state index is -1.25. The van der Waals surface area contributed by atoms with Crippen molar-refractivity contribution in [3.05, 3.63) is 55.3 Å². The van der Waals surface area contributed by atoms with Gasteiger partial charge in [-0.1, -0.05) is 35.3 Å². The van der Waals surface area contributed by atoms with Crippen molar-refractivity contribution in [3.63, 3.8) is 0 Å². The summed E-state index contributed by atoms with van der Waals surface area (Å²) in [6.45, 7) is 4.44. The number of carboxylic acids is 1. The summed E-state index contributed by atoms with van der Waals surface area (Å²) in [5.74, 6) is -1.74. The molecule has 0 saturated heterocycles. The average Bonchev–Trinajstić information content (AvgIpc) is 2.64. The highest BCUT2D eigenvalue weighted by molar-refractivity contribution is 6.43. The Bertz CT molecular complexity index is 1100. The molecule has 9 nitrogen and oxygen atoms in total. The second-order valence-corrected chi connectivity index (χ2v) is 8.45. The van der Waals surface area contributed by atoms with Crippen LogP contribution in [0.1, 0.15) is 20.8 Å². The van der Waals surface area contributed by atoms with Crippen LogP contribution in [-0.2, 0) is 27.4 Å². The zero-order valence-electron chi connectivity index (χ0n) is 17.3. The fourth-order valence-corrected chi connectivity index (χ4v) is 3.17. The number of carbonyl (C=O) groups excluding carboxylic acids is 1. The van der Waals surface area contributed by atoms with Crippen LogP contribution in [0.25, 0.3) is 11.1 Å². The van der Waals surface area contributed by atoms with Crippen LogP contribution in [0.15, 0.2) is 34.0 Å². The Labute approximate surface area is 188 Å². The Hall–Kier alpha value is -2.62. The molecule has 0 spiro atoms. The number of hydrogen-bond acceptors (Lipinski definition) is 6. The van der Waals surface area contributed by atoms with Gasteiger partial charge in [-0.15, -0.1) is 0 Å². The number of aromatic nitrogens is 2. The number of benzene rings is 1. The first-order valence-corrected chi connectivity index (χ1v) is 10.1. The molecule has 11 heteroatoms. The largest absolute Gasteiger partial charge is 0.480 e. The molecule has 0 atom stereocenters. The first kappa shape index (κ1) is 24.6. The average molecular weight is 472 g/mol. The normalized spacial score (nSPS) is 11.4. The van der Waals surface area contributed by atoms with Crippen molar-refractivity contribution >= 4 is 35.1 Å². The Morgan fingerprint density at radius 1 is 1.16 bits per heavy atom. The summed E-state index contributed by atoms with van der Waals surface area (Å²) in [5.41, 5.74) is -1.79. The highest BCUT2D eigenvalue weighted by Gasteiger charge is 2.18. The van der Waals surface area contributed by atoms with Crippen LogP contribution in [0, 0.1) is 0 Å². The number of nitrogens with zero attached hydrogens (tertiary/aromatic N) is 2. The lowest BCUT2D eigenvalue weighted by Gasteiger charge is -2.19. The molecular weight excluding hydrogens is 449 g/mol. The van der Waals surface area contributed by atoms with Gasteiger partial charge in [0.2, 0.25) is 0 Å². The fraction of sp³-hybridized carbons (Fsp3) is 0.400. The molecule has 0 amide bonds. The van der Waals surface area contributed by atoms with Crippen molar-refractivity contribution in [1.82, 2.24) is 14.5 Å². The topological polar surface area (TPSA) is 120 Å². The molecule has 2 N–H and O–H groups in total. The smallest absolute Gasteiger partial charge is 0.331 e. The fourth-order valence-electron chi connectivity index (χ4n) is 2.77. The first-order valence-electron chi connectivity index (χ1n) is 9.33. The van der Waals surface area contributed by atoms with Crippen molar-refractivity contribution in [2.75, 3.05) is 13.1 Å². The number of rotatable bonds is 8. The van der Waals surface area contributed by atoms with Crippen LogP contribution in [0.3, 0.4) is 0 Å². The zero-order chi connectivity index (χ0) is 23.3. The van der Waals surface area contributed by atoms with E-state index >= 15 is 0 Å². The van der Waals surface area contributed by atoms with Crippen LogP contribution >= 0.6 is 23.2 Å². The Balaban J connectivity index is 2.35. The van der Waals surface area contributed by atoms with Gasteiger partial charge in [-0.3, -0.25) is 23.5 Å². The van der Waals surface area contributed by atoms with Crippen LogP contribution < -0.4 is 16.6 Å². The number of hydrogen-bond donors (Lipinski definition) is 2. The zero-order valence-corrected chi connectivity index (χ0v) is 18.8. The van der Waals surface area contributed by atoms with Crippen LogP contribution in [-0.4, -0.2) is 44.9 Å². The van der Waals surface area contributed by atoms with Gasteiger partial charge in [0.05, 0.1) is 22.2 Å². The van der Waals surface area contributed by atoms with Crippen LogP contribution in [0.4, 0.5) is 0 Å². The molecule has 0 unspecified atom stereocenters. The standard InChI is InChI=1S/C20H23Cl2N3O6/c1-20(2,3)31-16(28)9-23-7-8-25-18(29)13(10-24(19(25)30)11-15(26)27)12-5-4-6-14(21)17(12)22/h4-6,10,23H,7-9,11H2,1-3H3,(H,26,27). The minimum Gasteiger partial charge on any atom is -0.480 e. The molecule has 168 valence electrons. The number of halogens is 2. The first-order chi connectivity index (χ1) is 14.4. The number of esters is 1. The van der Waals surface area contributed by atoms with E-state index < -0.39 is 35.3 Å². The molecule has 2 aromatic rings. The molecule has 31 heavy (non-hydrogen) atoms. The van der Waals surface area contributed by atoms with E-state index in [2.05, 4.69) is 5.32 Å². The van der Waals surface area contributed by atoms with Crippen molar-refractivity contribution in [3.8, 4) is 11.1 Å². The van der Waals surface area contributed by atoms with Gasteiger partial charge in [-0.2, -0.15) is 0 Å². The van der Waals surface area contributed by atoms with E-state index in [9.17, 15) is 19.2 Å². The summed E-state index contributed by atoms with van der Waals surface area (Å²) in [6.07, 6.45) is 1.15. The van der Waals surface area contributed by atoms with Gasteiger partial charge in [0, 0.05) is 24.8 Å². The summed E-state index contributed by atoms with van der Waals surface area (Å²) < 4.78 is 6.97. The summed E-state index contributed by atoms with van der Waals surface area (Å²) in [7, 11) is 0. The molecule has 0 aliphatic rings. The Morgan fingerprint density at radius 2 is 1.84 bits per heavy atom. The maximum absolute atomic E-state index is 13.0. The maximum atomic E-state index is 13.0. The number of ether oxygens (including phenoxy) is 1. The summed E-state index contributed by atoms with van der Waals surface area (Å²) in [4.78, 5) is 48.6. The summed E-state index contributed by atoms with van der Waals surface area (Å²) in [5, 5.41) is 12.2. The predicted octanol–water partition coefficient (Wildman–Crippen LogP) is 2.00. The molecule has 0 aliphatic carbocycles. The predicted molar refractivity (Wildman–Crippen MR) is 117 cm³/mol. The van der Waals surface area contributed by atoms with E-state index in [-0.39, 0.29) is 40.8 Å². The highest BCUT2D eigenvalue weighted by Crippen LogP contribution is 2.31. The van der Waals surface area contributed by atoms with Gasteiger partial charge in [-0.25, -0.2) is 4.79 Å². The van der Waals surface area contributed by atoms with Crippen LogP contribution in [0.5, 0.6) is 0 Å². The SMILES string of the molecule is CC(C)(C)OC(=O)CNCCn1c(=O)c(-c2cccc(Cl)c2Cl)cn(CC(=O)O)c1=O. The van der Waals surface area contributed by atoms with Gasteiger partial charge in [0.1, 0.15) is 12.1 Å². The third kappa shape index (κ3) is 6.68. The van der Waals surface area contributed by atoms with Gasteiger partial charge in [0.25, 0.3) is 5.56 Å². The van der Waals surface area contributed by atoms with Crippen molar-refractivity contribution < 1.29 is 19.4 Å². The highest BCUT2D eigenvalue weighted by atomic mass is 35.5. The summed E-state index contributed by atoms with van der Waals surface area (Å²) in [6, 6.07) is 4.67. The monoisotopic (exact) mass is 471 g/mol. The number of nitrogens with one attached hydrogen (secondary N) is 1. The van der Waals surface area contributed by atoms with E-state index in [1.54, 1.807) is 39.0 Å². The van der Waals surface area contributed by atoms with E-state index in [0.29, 0.717) is 0 Å². The van der Waals surface area contributed by atoms with E-state index in [0.717, 1.165) is 15.3 Å². The third-order valence-corrected chi connectivity index (χ3v) is 4.80. The molecule has 1 aromatic heterocycles. The molecule has 1 aromatic carbocycles. The number of aliphatic carboxylic acids is 1. The van der Waals surface area contributed by atoms with E-state index in [1.165, 1.54) is 0 Å². The molecule has 0 saturated carbocycles. The molecule has 2 rings (SSSR count). The molecule has 0 bridgehead atoms. The number of carboxylic acid groups (broad SMARTS) is 1. The van der Waals surface area contributed by atoms with E-state index in [1.807, 2.05) is 0 Å². The van der Waals surface area contributed by atoms with Crippen molar-refractivity contribution in [2.45, 2.75) is 39.5 Å². The lowest BCUT2D eigenvalue weighted by atomic mass is 10.1. The van der Waals surface area contributed by atoms with Crippen molar-refractivity contribution in [1.29, 1.82) is 0 Å². The van der Waals surface area contributed by atoms with Gasteiger partial charge in [0.15, 0.2) is 0 Å². The van der Waals surface area contributed by atoms with E-state index in [4.69, 9.17) is 33.0 Å². The van der Waals surface area contributed by atoms with Gasteiger partial charge < -0.3 is 15.2 Å². The lowest BCUT2D eigenvalue weighted by molar-refractivity contribution is -0.153. The van der Waals surface area contributed by atoms with Crippen LogP contribution in [0.2, 0.25) is 10.0 Å². The van der Waals surface area contributed by atoms with Gasteiger partial charge >= 0.3 is 17.6 Å². The Kier molecular flexibility index (Phi) is 8.05. The third-order valence-electron chi connectivity index (χ3n) is 3.99. The molecule has 0 fully saturated rings. The lowest BCUT2D eigenvalue weighted by Crippen LogP contribution is -2.43. The second-order valence-electron chi connectivity index (χ2n) is 7.67. The Morgan fingerprint density at radius 3 is 2.45 bits per heavy atom. The van der Waals surface area contributed by atoms with Gasteiger partial charge in [-0.05, 0) is 26.8 Å². The molecular formula is C20H23Cl2N3O6.